The van der Waals surface area contributed by atoms with E-state index in [1.54, 1.807) is 0 Å². The number of primary sulfonamides is 1. The smallest absolute Gasteiger partial charge is 0.371 e. The molecule has 0 radical (unpaired) electrons. The third-order valence-corrected chi connectivity index (χ3v) is 3.83. The quantitative estimate of drug-likeness (QED) is 0.769. The van der Waals surface area contributed by atoms with Crippen LogP contribution in [0.4, 0.5) is 5.69 Å². The number of rotatable bonds is 5. The van der Waals surface area contributed by atoms with Gasteiger partial charge in [0, 0.05) is 0 Å². The van der Waals surface area contributed by atoms with E-state index < -0.39 is 16.0 Å². The fourth-order valence-corrected chi connectivity index (χ4v) is 2.31. The van der Waals surface area contributed by atoms with Crippen molar-refractivity contribution in [1.82, 2.24) is 0 Å². The van der Waals surface area contributed by atoms with Crippen molar-refractivity contribution in [2.24, 2.45) is 5.14 Å². The second kappa shape index (κ2) is 5.76. The lowest BCUT2D eigenvalue weighted by Gasteiger charge is -2.08. The number of sulfonamides is 1. The Morgan fingerprint density at radius 1 is 1.33 bits per heavy atom. The Kier molecular flexibility index (Phi) is 4.21. The van der Waals surface area contributed by atoms with Gasteiger partial charge in [-0.15, -0.1) is 0 Å². The first-order valence-corrected chi connectivity index (χ1v) is 7.58. The second-order valence-corrected chi connectivity index (χ2v) is 6.08. The van der Waals surface area contributed by atoms with E-state index in [0.29, 0.717) is 16.5 Å². The van der Waals surface area contributed by atoms with Gasteiger partial charge in [0.15, 0.2) is 0 Å². The lowest BCUT2D eigenvalue weighted by atomic mass is 10.3. The maximum Gasteiger partial charge on any atom is 0.371 e. The molecule has 9 heteroatoms. The normalized spacial score (nSPS) is 11.3. The number of anilines is 1. The monoisotopic (exact) mass is 330 g/mol. The topological polar surface area (TPSA) is 123 Å². The summed E-state index contributed by atoms with van der Waals surface area (Å²) in [5.41, 5.74) is 0.344. The van der Waals surface area contributed by atoms with E-state index in [4.69, 9.17) is 26.3 Å². The Balaban J connectivity index is 2.17. The Bertz CT molecular complexity index is 785. The van der Waals surface area contributed by atoms with Crippen molar-refractivity contribution >= 4 is 33.3 Å². The molecule has 0 aliphatic carbocycles. The van der Waals surface area contributed by atoms with Gasteiger partial charge in [0.1, 0.15) is 5.76 Å². The first kappa shape index (κ1) is 15.4. The Morgan fingerprint density at radius 2 is 2.05 bits per heavy atom. The predicted molar refractivity (Wildman–Crippen MR) is 75.8 cm³/mol. The van der Waals surface area contributed by atoms with Gasteiger partial charge in [-0.1, -0.05) is 11.6 Å². The third-order valence-electron chi connectivity index (χ3n) is 2.59. The zero-order valence-electron chi connectivity index (χ0n) is 10.5. The van der Waals surface area contributed by atoms with Crippen LogP contribution in [0.1, 0.15) is 16.3 Å². The molecule has 0 amide bonds. The van der Waals surface area contributed by atoms with Gasteiger partial charge in [-0.2, -0.15) is 0 Å². The van der Waals surface area contributed by atoms with E-state index in [1.165, 1.54) is 30.3 Å². The molecule has 2 aromatic rings. The molecule has 1 aromatic carbocycles. The predicted octanol–water partition coefficient (Wildman–Crippen LogP) is 1.89. The SMILES string of the molecule is NS(=O)(=O)c1ccc(Cl)c(NCc2ccc(C(=O)O)o2)c1. The minimum atomic E-state index is -3.83. The molecule has 7 nitrogen and oxygen atoms in total. The summed E-state index contributed by atoms with van der Waals surface area (Å²) in [6, 6.07) is 6.79. The molecule has 4 N–H and O–H groups in total. The zero-order chi connectivity index (χ0) is 15.6. The molecule has 112 valence electrons. The standard InChI is InChI=1S/C12H11ClN2O5S/c13-9-3-2-8(21(14,18)19)5-10(9)15-6-7-1-4-11(20-7)12(16)17/h1-5,15H,6H2,(H,16,17)(H2,14,18,19). The first-order valence-electron chi connectivity index (χ1n) is 5.65. The summed E-state index contributed by atoms with van der Waals surface area (Å²) in [4.78, 5) is 10.6. The van der Waals surface area contributed by atoms with Gasteiger partial charge < -0.3 is 14.8 Å². The summed E-state index contributed by atoms with van der Waals surface area (Å²) in [5.74, 6) is -0.990. The molecule has 0 aliphatic rings. The number of nitrogens with two attached hydrogens (primary N) is 1. The van der Waals surface area contributed by atoms with Crippen LogP contribution in [0.25, 0.3) is 0 Å². The number of hydrogen-bond acceptors (Lipinski definition) is 5. The minimum absolute atomic E-state index is 0.0833. The largest absolute Gasteiger partial charge is 0.475 e. The number of halogens is 1. The maximum atomic E-state index is 11.3. The molecule has 0 saturated carbocycles. The number of aromatic carboxylic acids is 1. The van der Waals surface area contributed by atoms with Crippen LogP contribution in [0.3, 0.4) is 0 Å². The summed E-state index contributed by atoms with van der Waals surface area (Å²) in [5, 5.41) is 16.9. The number of benzene rings is 1. The number of carboxylic acid groups (broad SMARTS) is 1. The third kappa shape index (κ3) is 3.75. The average molecular weight is 331 g/mol. The van der Waals surface area contributed by atoms with Crippen LogP contribution in [0, 0.1) is 0 Å². The van der Waals surface area contributed by atoms with Crippen molar-refractivity contribution in [2.45, 2.75) is 11.4 Å². The average Bonchev–Trinajstić information content (AvgIpc) is 2.85. The van der Waals surface area contributed by atoms with E-state index in [1.807, 2.05) is 0 Å². The summed E-state index contributed by atoms with van der Waals surface area (Å²) < 4.78 is 27.6. The summed E-state index contributed by atoms with van der Waals surface area (Å²) in [6.07, 6.45) is 0. The van der Waals surface area contributed by atoms with Gasteiger partial charge >= 0.3 is 5.97 Å². The lowest BCUT2D eigenvalue weighted by molar-refractivity contribution is 0.0660. The number of carbonyl (C=O) groups is 1. The van der Waals surface area contributed by atoms with E-state index >= 15 is 0 Å². The zero-order valence-corrected chi connectivity index (χ0v) is 12.1. The van der Waals surface area contributed by atoms with Crippen molar-refractivity contribution in [3.63, 3.8) is 0 Å². The molecule has 0 fully saturated rings. The summed E-state index contributed by atoms with van der Waals surface area (Å²) in [6.45, 7) is 0.140. The van der Waals surface area contributed by atoms with Crippen LogP contribution >= 0.6 is 11.6 Å². The molecule has 0 unspecified atom stereocenters. The molecular formula is C12H11ClN2O5S. The molecule has 0 aliphatic heterocycles. The van der Waals surface area contributed by atoms with Gasteiger partial charge in [-0.25, -0.2) is 18.4 Å². The highest BCUT2D eigenvalue weighted by atomic mass is 35.5. The summed E-state index contributed by atoms with van der Waals surface area (Å²) in [7, 11) is -3.83. The van der Waals surface area contributed by atoms with Crippen molar-refractivity contribution in [1.29, 1.82) is 0 Å². The highest BCUT2D eigenvalue weighted by Crippen LogP contribution is 2.25. The lowest BCUT2D eigenvalue weighted by Crippen LogP contribution is -2.12. The fourth-order valence-electron chi connectivity index (χ4n) is 1.59. The van der Waals surface area contributed by atoms with Gasteiger partial charge in [-0.3, -0.25) is 0 Å². The van der Waals surface area contributed by atoms with E-state index in [2.05, 4.69) is 5.32 Å². The van der Waals surface area contributed by atoms with Crippen molar-refractivity contribution in [3.05, 3.63) is 46.9 Å². The van der Waals surface area contributed by atoms with Crippen LogP contribution in [0.2, 0.25) is 5.02 Å². The molecule has 21 heavy (non-hydrogen) atoms. The number of nitrogens with one attached hydrogen (secondary N) is 1. The van der Waals surface area contributed by atoms with Crippen LogP contribution in [-0.2, 0) is 16.6 Å². The molecule has 0 saturated heterocycles. The number of hydrogen-bond donors (Lipinski definition) is 3. The molecule has 0 spiro atoms. The molecule has 1 heterocycles. The van der Waals surface area contributed by atoms with E-state index in [-0.39, 0.29) is 17.2 Å². The van der Waals surface area contributed by atoms with Crippen molar-refractivity contribution < 1.29 is 22.7 Å². The molecule has 0 bridgehead atoms. The summed E-state index contributed by atoms with van der Waals surface area (Å²) >= 11 is 5.95. The second-order valence-electron chi connectivity index (χ2n) is 4.11. The Morgan fingerprint density at radius 3 is 2.62 bits per heavy atom. The van der Waals surface area contributed by atoms with Gasteiger partial charge in [0.2, 0.25) is 15.8 Å². The van der Waals surface area contributed by atoms with Crippen molar-refractivity contribution in [3.8, 4) is 0 Å². The molecular weight excluding hydrogens is 320 g/mol. The highest BCUT2D eigenvalue weighted by molar-refractivity contribution is 7.89. The van der Waals surface area contributed by atoms with E-state index in [9.17, 15) is 13.2 Å². The number of furan rings is 1. The molecule has 2 rings (SSSR count). The fraction of sp³-hybridized carbons (Fsp3) is 0.0833. The maximum absolute atomic E-state index is 11.3. The molecule has 0 atom stereocenters. The van der Waals surface area contributed by atoms with Gasteiger partial charge in [-0.05, 0) is 30.3 Å². The van der Waals surface area contributed by atoms with E-state index in [0.717, 1.165) is 0 Å². The Labute approximate surface area is 125 Å². The highest BCUT2D eigenvalue weighted by Gasteiger charge is 2.12. The number of carboxylic acids is 1. The Hall–Kier alpha value is -2.03. The van der Waals surface area contributed by atoms with Crippen LogP contribution in [0.15, 0.2) is 39.6 Å². The molecule has 1 aromatic heterocycles. The van der Waals surface area contributed by atoms with Gasteiger partial charge in [0.25, 0.3) is 0 Å². The van der Waals surface area contributed by atoms with Crippen LogP contribution < -0.4 is 10.5 Å². The minimum Gasteiger partial charge on any atom is -0.475 e. The first-order chi connectivity index (χ1) is 9.77. The van der Waals surface area contributed by atoms with Crippen LogP contribution in [0.5, 0.6) is 0 Å². The van der Waals surface area contributed by atoms with Gasteiger partial charge in [0.05, 0.1) is 22.2 Å². The van der Waals surface area contributed by atoms with Crippen molar-refractivity contribution in [2.75, 3.05) is 5.32 Å². The van der Waals surface area contributed by atoms with Crippen LogP contribution in [-0.4, -0.2) is 19.5 Å².